The van der Waals surface area contributed by atoms with Crippen molar-refractivity contribution in [3.05, 3.63) is 59.3 Å². The molecular weight excluding hydrogens is 344 g/mol. The molecule has 138 valence electrons. The Morgan fingerprint density at radius 3 is 2.74 bits per heavy atom. The summed E-state index contributed by atoms with van der Waals surface area (Å²) in [6.07, 6.45) is 0. The quantitative estimate of drug-likeness (QED) is 0.770. The monoisotopic (exact) mass is 364 g/mol. The summed E-state index contributed by atoms with van der Waals surface area (Å²) in [4.78, 5) is 17.2. The van der Waals surface area contributed by atoms with E-state index in [1.165, 1.54) is 0 Å². The molecule has 0 atom stereocenters. The molecule has 0 unspecified atom stereocenters. The fraction of sp³-hybridized carbons (Fsp3) is 0.238. The number of aromatic nitrogens is 1. The van der Waals surface area contributed by atoms with Crippen LogP contribution in [0, 0.1) is 6.92 Å². The highest BCUT2D eigenvalue weighted by Crippen LogP contribution is 2.30. The lowest BCUT2D eigenvalue weighted by molar-refractivity contribution is 0.0950. The van der Waals surface area contributed by atoms with Crippen LogP contribution in [0.5, 0.6) is 17.2 Å². The molecule has 6 nitrogen and oxygen atoms in total. The molecule has 1 amide bonds. The van der Waals surface area contributed by atoms with Crippen molar-refractivity contribution in [2.45, 2.75) is 13.5 Å². The van der Waals surface area contributed by atoms with Gasteiger partial charge in [0, 0.05) is 18.0 Å². The predicted octanol–water partition coefficient (Wildman–Crippen LogP) is 3.25. The topological polar surface area (TPSA) is 69.7 Å². The SMILES string of the molecule is COc1ccc2cc(C(=O)NCc3ccc4c(c3)OCCO4)c(C)nc2c1. The van der Waals surface area contributed by atoms with Crippen LogP contribution < -0.4 is 19.5 Å². The van der Waals surface area contributed by atoms with Crippen LogP contribution in [0.3, 0.4) is 0 Å². The maximum absolute atomic E-state index is 12.7. The normalized spacial score (nSPS) is 12.7. The molecular formula is C21H20N2O4. The van der Waals surface area contributed by atoms with Gasteiger partial charge < -0.3 is 19.5 Å². The van der Waals surface area contributed by atoms with Gasteiger partial charge in [0.15, 0.2) is 11.5 Å². The van der Waals surface area contributed by atoms with Crippen molar-refractivity contribution in [1.82, 2.24) is 10.3 Å². The van der Waals surface area contributed by atoms with Gasteiger partial charge in [0.05, 0.1) is 23.9 Å². The molecule has 2 aromatic carbocycles. The Bertz CT molecular complexity index is 1020. The van der Waals surface area contributed by atoms with Gasteiger partial charge in [-0.1, -0.05) is 6.07 Å². The summed E-state index contributed by atoms with van der Waals surface area (Å²) < 4.78 is 16.3. The minimum atomic E-state index is -0.160. The number of amides is 1. The van der Waals surface area contributed by atoms with E-state index in [9.17, 15) is 4.79 Å². The fourth-order valence-corrected chi connectivity index (χ4v) is 3.08. The number of nitrogens with zero attached hydrogens (tertiary/aromatic N) is 1. The van der Waals surface area contributed by atoms with E-state index in [0.29, 0.717) is 36.8 Å². The van der Waals surface area contributed by atoms with Crippen molar-refractivity contribution >= 4 is 16.8 Å². The highest BCUT2D eigenvalue weighted by molar-refractivity contribution is 5.98. The standard InChI is InChI=1S/C21H20N2O4/c1-13-17(10-15-4-5-16(25-2)11-18(15)23-13)21(24)22-12-14-3-6-19-20(9-14)27-8-7-26-19/h3-6,9-11H,7-8,12H2,1-2H3,(H,22,24). The Morgan fingerprint density at radius 1 is 1.11 bits per heavy atom. The Kier molecular flexibility index (Phi) is 4.54. The summed E-state index contributed by atoms with van der Waals surface area (Å²) in [5.41, 5.74) is 2.99. The number of pyridine rings is 1. The first-order valence-corrected chi connectivity index (χ1v) is 8.76. The zero-order valence-electron chi connectivity index (χ0n) is 15.2. The van der Waals surface area contributed by atoms with Gasteiger partial charge in [-0.2, -0.15) is 0 Å². The third kappa shape index (κ3) is 3.51. The van der Waals surface area contributed by atoms with Gasteiger partial charge in [-0.05, 0) is 42.8 Å². The predicted molar refractivity (Wildman–Crippen MR) is 102 cm³/mol. The van der Waals surface area contributed by atoms with Gasteiger partial charge in [-0.15, -0.1) is 0 Å². The fourth-order valence-electron chi connectivity index (χ4n) is 3.08. The van der Waals surface area contributed by atoms with Gasteiger partial charge in [-0.3, -0.25) is 9.78 Å². The lowest BCUT2D eigenvalue weighted by Crippen LogP contribution is -2.24. The highest BCUT2D eigenvalue weighted by atomic mass is 16.6. The molecule has 0 bridgehead atoms. The molecule has 3 aromatic rings. The van der Waals surface area contributed by atoms with Crippen LogP contribution >= 0.6 is 0 Å². The van der Waals surface area contributed by atoms with Gasteiger partial charge in [0.1, 0.15) is 19.0 Å². The van der Waals surface area contributed by atoms with E-state index in [0.717, 1.165) is 28.0 Å². The van der Waals surface area contributed by atoms with Crippen molar-refractivity contribution in [3.63, 3.8) is 0 Å². The number of carbonyl (C=O) groups is 1. The van der Waals surface area contributed by atoms with E-state index in [1.54, 1.807) is 7.11 Å². The molecule has 1 aliphatic heterocycles. The van der Waals surface area contributed by atoms with E-state index in [2.05, 4.69) is 10.3 Å². The summed E-state index contributed by atoms with van der Waals surface area (Å²) in [6.45, 7) is 3.33. The van der Waals surface area contributed by atoms with Crippen molar-refractivity contribution in [1.29, 1.82) is 0 Å². The van der Waals surface area contributed by atoms with Crippen LogP contribution in [0.1, 0.15) is 21.6 Å². The summed E-state index contributed by atoms with van der Waals surface area (Å²) in [6, 6.07) is 13.2. The van der Waals surface area contributed by atoms with E-state index in [4.69, 9.17) is 14.2 Å². The number of rotatable bonds is 4. The molecule has 1 N–H and O–H groups in total. The molecule has 0 saturated carbocycles. The minimum Gasteiger partial charge on any atom is -0.497 e. The number of hydrogen-bond acceptors (Lipinski definition) is 5. The highest BCUT2D eigenvalue weighted by Gasteiger charge is 2.14. The van der Waals surface area contributed by atoms with Gasteiger partial charge in [0.25, 0.3) is 5.91 Å². The van der Waals surface area contributed by atoms with Crippen molar-refractivity contribution < 1.29 is 19.0 Å². The molecule has 6 heteroatoms. The smallest absolute Gasteiger partial charge is 0.253 e. The first-order valence-electron chi connectivity index (χ1n) is 8.76. The lowest BCUT2D eigenvalue weighted by atomic mass is 10.1. The maximum atomic E-state index is 12.7. The Labute approximate surface area is 157 Å². The van der Waals surface area contributed by atoms with Crippen LogP contribution in [0.25, 0.3) is 10.9 Å². The van der Waals surface area contributed by atoms with Crippen LogP contribution in [-0.4, -0.2) is 31.2 Å². The average molecular weight is 364 g/mol. The third-order valence-electron chi connectivity index (χ3n) is 4.52. The van der Waals surface area contributed by atoms with Crippen molar-refractivity contribution in [3.8, 4) is 17.2 Å². The number of aryl methyl sites for hydroxylation is 1. The number of hydrogen-bond donors (Lipinski definition) is 1. The summed E-state index contributed by atoms with van der Waals surface area (Å²) in [7, 11) is 1.62. The molecule has 2 heterocycles. The summed E-state index contributed by atoms with van der Waals surface area (Å²) in [5, 5.41) is 3.84. The zero-order valence-corrected chi connectivity index (χ0v) is 15.2. The van der Waals surface area contributed by atoms with Gasteiger partial charge >= 0.3 is 0 Å². The molecule has 0 saturated heterocycles. The molecule has 1 aromatic heterocycles. The first kappa shape index (κ1) is 17.1. The van der Waals surface area contributed by atoms with Crippen LogP contribution in [0.2, 0.25) is 0 Å². The lowest BCUT2D eigenvalue weighted by Gasteiger charge is -2.19. The Hall–Kier alpha value is -3.28. The molecule has 1 aliphatic rings. The van der Waals surface area contributed by atoms with Crippen LogP contribution in [-0.2, 0) is 6.54 Å². The van der Waals surface area contributed by atoms with Crippen LogP contribution in [0.4, 0.5) is 0 Å². The number of methoxy groups -OCH3 is 1. The number of benzene rings is 2. The van der Waals surface area contributed by atoms with E-state index >= 15 is 0 Å². The van der Waals surface area contributed by atoms with Gasteiger partial charge in [0.2, 0.25) is 0 Å². The Morgan fingerprint density at radius 2 is 1.93 bits per heavy atom. The molecule has 0 aliphatic carbocycles. The van der Waals surface area contributed by atoms with Crippen molar-refractivity contribution in [2.24, 2.45) is 0 Å². The molecule has 27 heavy (non-hydrogen) atoms. The number of nitrogens with one attached hydrogen (secondary N) is 1. The minimum absolute atomic E-state index is 0.160. The number of ether oxygens (including phenoxy) is 3. The second-order valence-corrected chi connectivity index (χ2v) is 6.34. The summed E-state index contributed by atoms with van der Waals surface area (Å²) in [5.74, 6) is 2.03. The number of fused-ring (bicyclic) bond motifs is 2. The molecule has 4 rings (SSSR count). The largest absolute Gasteiger partial charge is 0.497 e. The molecule has 0 radical (unpaired) electrons. The number of carbonyl (C=O) groups excluding carboxylic acids is 1. The zero-order chi connectivity index (χ0) is 18.8. The average Bonchev–Trinajstić information content (AvgIpc) is 2.70. The van der Waals surface area contributed by atoms with Crippen LogP contribution in [0.15, 0.2) is 42.5 Å². The summed E-state index contributed by atoms with van der Waals surface area (Å²) >= 11 is 0. The molecule has 0 spiro atoms. The first-order chi connectivity index (χ1) is 13.1. The Balaban J connectivity index is 1.52. The second-order valence-electron chi connectivity index (χ2n) is 6.34. The van der Waals surface area contributed by atoms with Crippen molar-refractivity contribution in [2.75, 3.05) is 20.3 Å². The third-order valence-corrected chi connectivity index (χ3v) is 4.52. The molecule has 0 fully saturated rings. The van der Waals surface area contributed by atoms with E-state index in [1.807, 2.05) is 49.4 Å². The van der Waals surface area contributed by atoms with E-state index < -0.39 is 0 Å². The maximum Gasteiger partial charge on any atom is 0.253 e. The van der Waals surface area contributed by atoms with E-state index in [-0.39, 0.29) is 5.91 Å². The second kappa shape index (κ2) is 7.15. The van der Waals surface area contributed by atoms with Gasteiger partial charge in [-0.25, -0.2) is 0 Å².